The molecule has 0 saturated heterocycles. The fourth-order valence-electron chi connectivity index (χ4n) is 1.18. The lowest BCUT2D eigenvalue weighted by atomic mass is 10.5. The third-order valence-electron chi connectivity index (χ3n) is 1.85. The van der Waals surface area contributed by atoms with Crippen molar-refractivity contribution in [2.24, 2.45) is 0 Å². The van der Waals surface area contributed by atoms with Crippen LogP contribution >= 0.6 is 0 Å². The Morgan fingerprint density at radius 2 is 1.58 bits per heavy atom. The summed E-state index contributed by atoms with van der Waals surface area (Å²) in [5.74, 6) is 0. The first-order valence-electron chi connectivity index (χ1n) is 4.56. The van der Waals surface area contributed by atoms with E-state index in [9.17, 15) is 5.11 Å². The van der Waals surface area contributed by atoms with E-state index in [4.69, 9.17) is 8.85 Å². The highest BCUT2D eigenvalue weighted by Crippen LogP contribution is 2.14. The van der Waals surface area contributed by atoms with Crippen LogP contribution in [0.5, 0.6) is 0 Å². The van der Waals surface area contributed by atoms with E-state index < -0.39 is 14.3 Å². The Labute approximate surface area is 75.9 Å². The molecule has 0 radical (unpaired) electrons. The van der Waals surface area contributed by atoms with E-state index in [1.165, 1.54) is 0 Å². The van der Waals surface area contributed by atoms with Gasteiger partial charge in [-0.3, -0.25) is 0 Å². The average molecular weight is 192 g/mol. The maximum Gasteiger partial charge on any atom is 0.364 e. The summed E-state index contributed by atoms with van der Waals surface area (Å²) in [6.45, 7) is 8.92. The minimum absolute atomic E-state index is 0.419. The van der Waals surface area contributed by atoms with Crippen LogP contribution in [0.1, 0.15) is 27.2 Å². The zero-order valence-electron chi connectivity index (χ0n) is 8.46. The molecule has 0 aromatic rings. The average Bonchev–Trinajstić information content (AvgIpc) is 2.04. The van der Waals surface area contributed by atoms with Crippen LogP contribution < -0.4 is 0 Å². The Balaban J connectivity index is 4.15. The first-order valence-corrected chi connectivity index (χ1v) is 6.96. The van der Waals surface area contributed by atoms with Crippen LogP contribution in [-0.2, 0) is 8.85 Å². The predicted octanol–water partition coefficient (Wildman–Crippen LogP) is 1.44. The fraction of sp³-hybridized carbons (Fsp3) is 1.00. The van der Waals surface area contributed by atoms with Gasteiger partial charge in [0.1, 0.15) is 0 Å². The lowest BCUT2D eigenvalue weighted by Crippen LogP contribution is -2.50. The van der Waals surface area contributed by atoms with Crippen LogP contribution in [0.4, 0.5) is 0 Å². The summed E-state index contributed by atoms with van der Waals surface area (Å²) in [6.07, 6.45) is 0.697. The maximum absolute atomic E-state index is 9.65. The molecular formula is C8H20O3Si. The van der Waals surface area contributed by atoms with E-state index in [1.807, 2.05) is 27.3 Å². The molecule has 0 rings (SSSR count). The molecule has 1 atom stereocenters. The lowest BCUT2D eigenvalue weighted by molar-refractivity contribution is 0.114. The molecule has 1 N–H and O–H groups in total. The van der Waals surface area contributed by atoms with Crippen molar-refractivity contribution in [1.82, 2.24) is 0 Å². The molecule has 0 heterocycles. The predicted molar refractivity (Wildman–Crippen MR) is 51.2 cm³/mol. The van der Waals surface area contributed by atoms with Crippen molar-refractivity contribution in [2.45, 2.75) is 39.5 Å². The molecule has 0 spiro atoms. The van der Waals surface area contributed by atoms with Gasteiger partial charge in [0, 0.05) is 13.2 Å². The minimum Gasteiger partial charge on any atom is -0.393 e. The van der Waals surface area contributed by atoms with Crippen LogP contribution in [0.2, 0.25) is 6.55 Å². The summed E-state index contributed by atoms with van der Waals surface area (Å²) in [6, 6.07) is 0. The molecular weight excluding hydrogens is 172 g/mol. The largest absolute Gasteiger partial charge is 0.393 e. The van der Waals surface area contributed by atoms with Crippen molar-refractivity contribution in [2.75, 3.05) is 13.2 Å². The first kappa shape index (κ1) is 12.1. The van der Waals surface area contributed by atoms with Gasteiger partial charge in [0.15, 0.2) is 0 Å². The zero-order chi connectivity index (χ0) is 9.61. The highest BCUT2D eigenvalue weighted by Gasteiger charge is 2.38. The van der Waals surface area contributed by atoms with Crippen LogP contribution in [0.25, 0.3) is 0 Å². The molecule has 0 amide bonds. The van der Waals surface area contributed by atoms with Gasteiger partial charge in [-0.25, -0.2) is 0 Å². The van der Waals surface area contributed by atoms with Crippen molar-refractivity contribution in [3.63, 3.8) is 0 Å². The van der Waals surface area contributed by atoms with Gasteiger partial charge in [-0.2, -0.15) is 0 Å². The first-order chi connectivity index (χ1) is 5.60. The SMILES string of the molecule is CCO[Si](C)(OCC)C(O)CC. The van der Waals surface area contributed by atoms with E-state index in [-0.39, 0.29) is 0 Å². The number of aliphatic hydroxyl groups is 1. The molecule has 0 fully saturated rings. The highest BCUT2D eigenvalue weighted by atomic mass is 28.4. The van der Waals surface area contributed by atoms with Crippen molar-refractivity contribution >= 4 is 8.56 Å². The quantitative estimate of drug-likeness (QED) is 0.647. The molecule has 0 aliphatic carbocycles. The molecule has 74 valence electrons. The monoisotopic (exact) mass is 192 g/mol. The molecule has 0 aromatic heterocycles. The van der Waals surface area contributed by atoms with Crippen molar-refractivity contribution in [1.29, 1.82) is 0 Å². The Kier molecular flexibility index (Phi) is 5.74. The topological polar surface area (TPSA) is 38.7 Å². The Morgan fingerprint density at radius 1 is 1.17 bits per heavy atom. The van der Waals surface area contributed by atoms with Crippen LogP contribution in [0, 0.1) is 0 Å². The summed E-state index contributed by atoms with van der Waals surface area (Å²) in [5.41, 5.74) is -0.419. The molecule has 0 bridgehead atoms. The van der Waals surface area contributed by atoms with Crippen LogP contribution in [-0.4, -0.2) is 32.6 Å². The van der Waals surface area contributed by atoms with Gasteiger partial charge in [0.25, 0.3) is 0 Å². The summed E-state index contributed by atoms with van der Waals surface area (Å²) in [4.78, 5) is 0. The summed E-state index contributed by atoms with van der Waals surface area (Å²) in [7, 11) is -2.30. The smallest absolute Gasteiger partial charge is 0.364 e. The standard InChI is InChI=1S/C8H20O3Si/c1-5-8(9)12(4,10-6-2)11-7-3/h8-9H,5-7H2,1-4H3. The van der Waals surface area contributed by atoms with Gasteiger partial charge < -0.3 is 14.0 Å². The normalized spacial score (nSPS) is 14.8. The van der Waals surface area contributed by atoms with E-state index in [2.05, 4.69) is 0 Å². The summed E-state index contributed by atoms with van der Waals surface area (Å²) >= 11 is 0. The summed E-state index contributed by atoms with van der Waals surface area (Å²) < 4.78 is 11.0. The second-order valence-corrected chi connectivity index (χ2v) is 6.08. The van der Waals surface area contributed by atoms with Crippen molar-refractivity contribution in [3.05, 3.63) is 0 Å². The third kappa shape index (κ3) is 3.22. The molecule has 1 unspecified atom stereocenters. The molecule has 0 saturated carbocycles. The number of rotatable bonds is 6. The van der Waals surface area contributed by atoms with Gasteiger partial charge in [-0.1, -0.05) is 6.92 Å². The minimum atomic E-state index is -2.30. The Bertz CT molecular complexity index is 113. The number of hydrogen-bond acceptors (Lipinski definition) is 3. The second-order valence-electron chi connectivity index (χ2n) is 2.81. The molecule has 12 heavy (non-hydrogen) atoms. The molecule has 0 aliphatic heterocycles. The molecule has 4 heteroatoms. The maximum atomic E-state index is 9.65. The fourth-order valence-corrected chi connectivity index (χ4v) is 3.53. The van der Waals surface area contributed by atoms with Gasteiger partial charge in [-0.05, 0) is 26.8 Å². The van der Waals surface area contributed by atoms with Crippen molar-refractivity contribution in [3.8, 4) is 0 Å². The van der Waals surface area contributed by atoms with Gasteiger partial charge in [0.05, 0.1) is 5.73 Å². The third-order valence-corrected chi connectivity index (χ3v) is 5.20. The van der Waals surface area contributed by atoms with Crippen LogP contribution in [0.3, 0.4) is 0 Å². The Morgan fingerprint density at radius 3 is 1.83 bits per heavy atom. The summed E-state index contributed by atoms with van der Waals surface area (Å²) in [5, 5.41) is 9.65. The van der Waals surface area contributed by atoms with E-state index >= 15 is 0 Å². The van der Waals surface area contributed by atoms with Crippen molar-refractivity contribution < 1.29 is 14.0 Å². The van der Waals surface area contributed by atoms with E-state index in [0.29, 0.717) is 19.6 Å². The Hall–Kier alpha value is 0.0969. The number of hydrogen-bond donors (Lipinski definition) is 1. The van der Waals surface area contributed by atoms with E-state index in [0.717, 1.165) is 0 Å². The van der Waals surface area contributed by atoms with Crippen LogP contribution in [0.15, 0.2) is 0 Å². The second kappa shape index (κ2) is 5.69. The zero-order valence-corrected chi connectivity index (χ0v) is 9.46. The lowest BCUT2D eigenvalue weighted by Gasteiger charge is -2.29. The van der Waals surface area contributed by atoms with Gasteiger partial charge in [0.2, 0.25) is 0 Å². The van der Waals surface area contributed by atoms with E-state index in [1.54, 1.807) is 0 Å². The number of aliphatic hydroxyl groups excluding tert-OH is 1. The molecule has 0 aliphatic rings. The molecule has 0 aromatic carbocycles. The van der Waals surface area contributed by atoms with Gasteiger partial charge in [-0.15, -0.1) is 0 Å². The molecule has 3 nitrogen and oxygen atoms in total. The van der Waals surface area contributed by atoms with Gasteiger partial charge >= 0.3 is 8.56 Å². The highest BCUT2D eigenvalue weighted by molar-refractivity contribution is 6.67.